The quantitative estimate of drug-likeness (QED) is 0.784. The Balaban J connectivity index is 2.77. The lowest BCUT2D eigenvalue weighted by Crippen LogP contribution is -2.38. The van der Waals surface area contributed by atoms with E-state index >= 15 is 0 Å². The van der Waals surface area contributed by atoms with Crippen LogP contribution in [0.1, 0.15) is 25.8 Å². The standard InChI is InChI=1S/C15H23NO3/c1-4-16(5-2)13(11-15(17)18)10-12-6-8-14(19-3)9-7-12/h6-9,13H,4-5,10-11H2,1-3H3,(H,17,18). The van der Waals surface area contributed by atoms with Crippen molar-refractivity contribution in [1.29, 1.82) is 0 Å². The minimum absolute atomic E-state index is 0.0425. The monoisotopic (exact) mass is 265 g/mol. The highest BCUT2D eigenvalue weighted by Crippen LogP contribution is 2.16. The maximum absolute atomic E-state index is 11.0. The minimum Gasteiger partial charge on any atom is -0.497 e. The summed E-state index contributed by atoms with van der Waals surface area (Å²) in [5.41, 5.74) is 1.14. The van der Waals surface area contributed by atoms with E-state index in [-0.39, 0.29) is 12.5 Å². The summed E-state index contributed by atoms with van der Waals surface area (Å²) in [7, 11) is 1.64. The average molecular weight is 265 g/mol. The highest BCUT2D eigenvalue weighted by molar-refractivity contribution is 5.67. The van der Waals surface area contributed by atoms with Crippen LogP contribution in [0.2, 0.25) is 0 Å². The molecule has 19 heavy (non-hydrogen) atoms. The summed E-state index contributed by atoms with van der Waals surface area (Å²) >= 11 is 0. The second kappa shape index (κ2) is 7.79. The lowest BCUT2D eigenvalue weighted by atomic mass is 10.0. The van der Waals surface area contributed by atoms with Gasteiger partial charge in [0.2, 0.25) is 0 Å². The van der Waals surface area contributed by atoms with Gasteiger partial charge in [-0.1, -0.05) is 26.0 Å². The molecule has 1 unspecified atom stereocenters. The van der Waals surface area contributed by atoms with E-state index in [2.05, 4.69) is 18.7 Å². The number of carbonyl (C=O) groups is 1. The van der Waals surface area contributed by atoms with Crippen LogP contribution in [0.25, 0.3) is 0 Å². The van der Waals surface area contributed by atoms with Crippen LogP contribution in [0.4, 0.5) is 0 Å². The van der Waals surface area contributed by atoms with Gasteiger partial charge in [0.15, 0.2) is 0 Å². The average Bonchev–Trinajstić information content (AvgIpc) is 2.40. The molecule has 0 saturated carbocycles. The molecule has 0 amide bonds. The number of nitrogens with zero attached hydrogens (tertiary/aromatic N) is 1. The Morgan fingerprint density at radius 2 is 1.84 bits per heavy atom. The zero-order chi connectivity index (χ0) is 14.3. The van der Waals surface area contributed by atoms with Crippen LogP contribution >= 0.6 is 0 Å². The van der Waals surface area contributed by atoms with Gasteiger partial charge in [-0.2, -0.15) is 0 Å². The summed E-state index contributed by atoms with van der Waals surface area (Å²) in [6.07, 6.45) is 0.922. The summed E-state index contributed by atoms with van der Waals surface area (Å²) in [6, 6.07) is 7.86. The van der Waals surface area contributed by atoms with E-state index in [0.717, 1.165) is 30.8 Å². The largest absolute Gasteiger partial charge is 0.497 e. The van der Waals surface area contributed by atoms with Crippen LogP contribution < -0.4 is 4.74 Å². The van der Waals surface area contributed by atoms with E-state index in [1.54, 1.807) is 7.11 Å². The molecule has 106 valence electrons. The third kappa shape index (κ3) is 4.91. The third-order valence-electron chi connectivity index (χ3n) is 3.37. The fourth-order valence-corrected chi connectivity index (χ4v) is 2.31. The van der Waals surface area contributed by atoms with Crippen LogP contribution in [0, 0.1) is 0 Å². The third-order valence-corrected chi connectivity index (χ3v) is 3.37. The lowest BCUT2D eigenvalue weighted by molar-refractivity contribution is -0.138. The Morgan fingerprint density at radius 3 is 2.26 bits per heavy atom. The van der Waals surface area contributed by atoms with Crippen molar-refractivity contribution in [3.05, 3.63) is 29.8 Å². The lowest BCUT2D eigenvalue weighted by Gasteiger charge is -2.28. The van der Waals surface area contributed by atoms with E-state index < -0.39 is 5.97 Å². The van der Waals surface area contributed by atoms with E-state index in [1.807, 2.05) is 24.3 Å². The summed E-state index contributed by atoms with van der Waals surface area (Å²) in [4.78, 5) is 13.2. The first-order valence-corrected chi connectivity index (χ1v) is 6.69. The summed E-state index contributed by atoms with van der Waals surface area (Å²) in [6.45, 7) is 5.86. The normalized spacial score (nSPS) is 12.4. The van der Waals surface area contributed by atoms with E-state index in [4.69, 9.17) is 9.84 Å². The first kappa shape index (κ1) is 15.5. The zero-order valence-corrected chi connectivity index (χ0v) is 11.9. The first-order valence-electron chi connectivity index (χ1n) is 6.69. The van der Waals surface area contributed by atoms with Crippen LogP contribution in [0.5, 0.6) is 5.75 Å². The molecule has 4 nitrogen and oxygen atoms in total. The molecule has 0 spiro atoms. The van der Waals surface area contributed by atoms with Gasteiger partial charge in [0.05, 0.1) is 13.5 Å². The Morgan fingerprint density at radius 1 is 1.26 bits per heavy atom. The topological polar surface area (TPSA) is 49.8 Å². The second-order valence-electron chi connectivity index (χ2n) is 4.53. The molecule has 1 N–H and O–H groups in total. The molecule has 0 fully saturated rings. The van der Waals surface area contributed by atoms with Gasteiger partial charge in [-0.3, -0.25) is 4.79 Å². The number of methoxy groups -OCH3 is 1. The number of hydrogen-bond acceptors (Lipinski definition) is 3. The SMILES string of the molecule is CCN(CC)C(CC(=O)O)Cc1ccc(OC)cc1. The van der Waals surface area contributed by atoms with Crippen molar-refractivity contribution in [2.45, 2.75) is 32.7 Å². The molecule has 1 atom stereocenters. The van der Waals surface area contributed by atoms with Gasteiger partial charge >= 0.3 is 5.97 Å². The zero-order valence-electron chi connectivity index (χ0n) is 11.9. The van der Waals surface area contributed by atoms with Crippen molar-refractivity contribution in [2.24, 2.45) is 0 Å². The Labute approximate surface area is 115 Å². The van der Waals surface area contributed by atoms with Crippen molar-refractivity contribution >= 4 is 5.97 Å². The first-order chi connectivity index (χ1) is 9.10. The fourth-order valence-electron chi connectivity index (χ4n) is 2.31. The molecule has 0 aliphatic rings. The molecule has 1 aromatic rings. The Kier molecular flexibility index (Phi) is 6.36. The number of hydrogen-bond donors (Lipinski definition) is 1. The molecule has 1 aromatic carbocycles. The van der Waals surface area contributed by atoms with Gasteiger partial charge in [0, 0.05) is 6.04 Å². The van der Waals surface area contributed by atoms with E-state index in [1.165, 1.54) is 0 Å². The van der Waals surface area contributed by atoms with Crippen molar-refractivity contribution in [3.63, 3.8) is 0 Å². The highest BCUT2D eigenvalue weighted by atomic mass is 16.5. The summed E-state index contributed by atoms with van der Waals surface area (Å²) < 4.78 is 5.12. The number of carboxylic acids is 1. The number of benzene rings is 1. The van der Waals surface area contributed by atoms with Gasteiger partial charge in [0.25, 0.3) is 0 Å². The Bertz CT molecular complexity index is 385. The molecule has 0 saturated heterocycles. The van der Waals surface area contributed by atoms with Crippen molar-refractivity contribution in [3.8, 4) is 5.75 Å². The van der Waals surface area contributed by atoms with Gasteiger partial charge in [-0.05, 0) is 37.2 Å². The number of carboxylic acid groups (broad SMARTS) is 1. The van der Waals surface area contributed by atoms with Crippen molar-refractivity contribution < 1.29 is 14.6 Å². The predicted octanol–water partition coefficient (Wildman–Crippen LogP) is 2.42. The van der Waals surface area contributed by atoms with E-state index in [9.17, 15) is 4.79 Å². The van der Waals surface area contributed by atoms with Crippen molar-refractivity contribution in [2.75, 3.05) is 20.2 Å². The predicted molar refractivity (Wildman–Crippen MR) is 75.7 cm³/mol. The van der Waals surface area contributed by atoms with Crippen LogP contribution in [-0.2, 0) is 11.2 Å². The fraction of sp³-hybridized carbons (Fsp3) is 0.533. The molecule has 1 rings (SSSR count). The molecule has 0 aliphatic heterocycles. The summed E-state index contributed by atoms with van der Waals surface area (Å²) in [5.74, 6) is 0.0757. The molecule has 0 bridgehead atoms. The van der Waals surface area contributed by atoms with Crippen LogP contribution in [-0.4, -0.2) is 42.2 Å². The molecular weight excluding hydrogens is 242 g/mol. The smallest absolute Gasteiger partial charge is 0.304 e. The summed E-state index contributed by atoms with van der Waals surface area (Å²) in [5, 5.41) is 9.04. The highest BCUT2D eigenvalue weighted by Gasteiger charge is 2.19. The maximum Gasteiger partial charge on any atom is 0.304 e. The minimum atomic E-state index is -0.745. The number of ether oxygens (including phenoxy) is 1. The molecule has 0 heterocycles. The van der Waals surface area contributed by atoms with Gasteiger partial charge in [-0.25, -0.2) is 0 Å². The van der Waals surface area contributed by atoms with Crippen LogP contribution in [0.3, 0.4) is 0 Å². The number of likely N-dealkylation sites (N-methyl/N-ethyl adjacent to an activating group) is 1. The molecule has 0 aromatic heterocycles. The maximum atomic E-state index is 11.0. The molecular formula is C15H23NO3. The number of rotatable bonds is 8. The van der Waals surface area contributed by atoms with Gasteiger partial charge < -0.3 is 14.7 Å². The van der Waals surface area contributed by atoms with Crippen LogP contribution in [0.15, 0.2) is 24.3 Å². The molecule has 4 heteroatoms. The van der Waals surface area contributed by atoms with Crippen molar-refractivity contribution in [1.82, 2.24) is 4.90 Å². The van der Waals surface area contributed by atoms with E-state index in [0.29, 0.717) is 0 Å². The second-order valence-corrected chi connectivity index (χ2v) is 4.53. The van der Waals surface area contributed by atoms with Gasteiger partial charge in [0.1, 0.15) is 5.75 Å². The molecule has 0 radical (unpaired) electrons. The Hall–Kier alpha value is -1.55. The molecule has 0 aliphatic carbocycles. The van der Waals surface area contributed by atoms with Gasteiger partial charge in [-0.15, -0.1) is 0 Å². The number of aliphatic carboxylic acids is 1.